The normalized spacial score (nSPS) is 11.0. The van der Waals surface area contributed by atoms with Gasteiger partial charge < -0.3 is 9.67 Å². The number of nitrogens with zero attached hydrogens (tertiary/aromatic N) is 3. The number of carboxylic acids is 1. The van der Waals surface area contributed by atoms with E-state index in [2.05, 4.69) is 5.10 Å². The molecular formula is C19H17Cl2N3O3S. The maximum Gasteiger partial charge on any atom is 0.341 e. The van der Waals surface area contributed by atoms with E-state index in [1.54, 1.807) is 27.4 Å². The van der Waals surface area contributed by atoms with Gasteiger partial charge in [0.15, 0.2) is 5.43 Å². The Morgan fingerprint density at radius 1 is 1.21 bits per heavy atom. The number of pyridine rings is 1. The van der Waals surface area contributed by atoms with Crippen LogP contribution in [0.5, 0.6) is 0 Å². The number of aromatic nitrogens is 3. The van der Waals surface area contributed by atoms with E-state index in [-0.39, 0.29) is 10.6 Å². The summed E-state index contributed by atoms with van der Waals surface area (Å²) in [6, 6.07) is 8.05. The molecule has 6 nitrogen and oxygen atoms in total. The number of benzene rings is 1. The van der Waals surface area contributed by atoms with E-state index in [4.69, 9.17) is 23.2 Å². The van der Waals surface area contributed by atoms with E-state index in [0.29, 0.717) is 35.1 Å². The predicted octanol–water partition coefficient (Wildman–Crippen LogP) is 4.51. The minimum absolute atomic E-state index is 0.285. The fraction of sp³-hybridized carbons (Fsp3) is 0.211. The van der Waals surface area contributed by atoms with Crippen LogP contribution in [-0.2, 0) is 13.1 Å². The number of hydrogen-bond acceptors (Lipinski definition) is 4. The van der Waals surface area contributed by atoms with E-state index in [1.807, 2.05) is 25.4 Å². The van der Waals surface area contributed by atoms with E-state index in [0.717, 1.165) is 5.03 Å². The number of halogens is 2. The Hall–Kier alpha value is -2.22. The van der Waals surface area contributed by atoms with Crippen LogP contribution in [0, 0.1) is 0 Å². The van der Waals surface area contributed by atoms with Crippen LogP contribution in [0.2, 0.25) is 10.0 Å². The second-order valence-corrected chi connectivity index (χ2v) is 7.60. The van der Waals surface area contributed by atoms with Crippen LogP contribution < -0.4 is 5.43 Å². The highest BCUT2D eigenvalue weighted by Crippen LogP contribution is 2.30. The van der Waals surface area contributed by atoms with Gasteiger partial charge in [0.05, 0.1) is 22.3 Å². The summed E-state index contributed by atoms with van der Waals surface area (Å²) >= 11 is 13.7. The molecule has 9 heteroatoms. The van der Waals surface area contributed by atoms with Crippen LogP contribution in [0.25, 0.3) is 11.3 Å². The molecule has 1 aromatic carbocycles. The highest BCUT2D eigenvalue weighted by Gasteiger charge is 2.22. The third kappa shape index (κ3) is 3.97. The molecule has 0 radical (unpaired) electrons. The van der Waals surface area contributed by atoms with Crippen LogP contribution >= 0.6 is 35.0 Å². The van der Waals surface area contributed by atoms with Crippen molar-refractivity contribution >= 4 is 40.9 Å². The first-order chi connectivity index (χ1) is 13.3. The van der Waals surface area contributed by atoms with Gasteiger partial charge in [-0.3, -0.25) is 9.48 Å². The minimum Gasteiger partial charge on any atom is -0.477 e. The van der Waals surface area contributed by atoms with E-state index >= 15 is 0 Å². The van der Waals surface area contributed by atoms with Gasteiger partial charge in [0.25, 0.3) is 0 Å². The van der Waals surface area contributed by atoms with Gasteiger partial charge in [0.1, 0.15) is 10.6 Å². The summed E-state index contributed by atoms with van der Waals surface area (Å²) in [6.07, 6.45) is 3.75. The number of thioether (sulfide) groups is 1. The molecule has 0 aliphatic heterocycles. The summed E-state index contributed by atoms with van der Waals surface area (Å²) in [4.78, 5) is 24.5. The van der Waals surface area contributed by atoms with Crippen molar-refractivity contribution in [2.75, 3.05) is 6.26 Å². The SMILES string of the molecule is CCn1c(Cn2ccc(SC)n2)cc(=O)c(C(=O)O)c1-c1ccc(Cl)c(Cl)c1. The number of hydrogen-bond donors (Lipinski definition) is 1. The molecule has 0 spiro atoms. The van der Waals surface area contributed by atoms with Crippen LogP contribution in [0.1, 0.15) is 23.0 Å². The van der Waals surface area contributed by atoms with E-state index < -0.39 is 11.4 Å². The highest BCUT2D eigenvalue weighted by molar-refractivity contribution is 7.98. The Labute approximate surface area is 175 Å². The van der Waals surface area contributed by atoms with Gasteiger partial charge in [-0.1, -0.05) is 29.3 Å². The summed E-state index contributed by atoms with van der Waals surface area (Å²) in [6.45, 7) is 2.68. The standard InChI is InChI=1S/C19H17Cl2N3O3S/c1-3-24-12(10-23-7-6-16(22-23)28-2)9-15(25)17(19(26)27)18(24)11-4-5-13(20)14(21)8-11/h4-9H,3,10H2,1-2H3,(H,26,27). The molecular weight excluding hydrogens is 421 g/mol. The molecule has 0 saturated carbocycles. The molecule has 0 aliphatic carbocycles. The average molecular weight is 438 g/mol. The van der Waals surface area contributed by atoms with Crippen molar-refractivity contribution in [1.82, 2.24) is 14.3 Å². The lowest BCUT2D eigenvalue weighted by atomic mass is 10.0. The third-order valence-corrected chi connectivity index (χ3v) is 5.65. The molecule has 0 unspecified atom stereocenters. The zero-order chi connectivity index (χ0) is 20.4. The molecule has 0 atom stereocenters. The molecule has 1 N–H and O–H groups in total. The first kappa shape index (κ1) is 20.5. The van der Waals surface area contributed by atoms with Crippen LogP contribution in [0.3, 0.4) is 0 Å². The maximum atomic E-state index is 12.7. The first-order valence-corrected chi connectivity index (χ1v) is 10.4. The van der Waals surface area contributed by atoms with E-state index in [1.165, 1.54) is 17.8 Å². The molecule has 0 aliphatic rings. The smallest absolute Gasteiger partial charge is 0.341 e. The first-order valence-electron chi connectivity index (χ1n) is 8.38. The Bertz CT molecular complexity index is 1110. The van der Waals surface area contributed by atoms with Gasteiger partial charge in [-0.05, 0) is 31.4 Å². The lowest BCUT2D eigenvalue weighted by molar-refractivity contribution is 0.0695. The molecule has 2 heterocycles. The molecule has 3 aromatic rings. The Balaban J connectivity index is 2.25. The monoisotopic (exact) mass is 437 g/mol. The third-order valence-electron chi connectivity index (χ3n) is 4.27. The number of carbonyl (C=O) groups is 1. The second-order valence-electron chi connectivity index (χ2n) is 5.96. The Morgan fingerprint density at radius 3 is 2.54 bits per heavy atom. The van der Waals surface area contributed by atoms with Crippen molar-refractivity contribution in [2.45, 2.75) is 25.0 Å². The molecule has 3 rings (SSSR count). The summed E-state index contributed by atoms with van der Waals surface area (Å²) < 4.78 is 3.51. The average Bonchev–Trinajstić information content (AvgIpc) is 3.10. The topological polar surface area (TPSA) is 77.1 Å². The van der Waals surface area contributed by atoms with Gasteiger partial charge in [-0.15, -0.1) is 11.8 Å². The fourth-order valence-corrected chi connectivity index (χ4v) is 3.73. The summed E-state index contributed by atoms with van der Waals surface area (Å²) in [7, 11) is 0. The van der Waals surface area contributed by atoms with Crippen molar-refractivity contribution in [1.29, 1.82) is 0 Å². The van der Waals surface area contributed by atoms with Crippen LogP contribution in [0.4, 0.5) is 0 Å². The molecule has 0 fully saturated rings. The molecule has 0 saturated heterocycles. The lowest BCUT2D eigenvalue weighted by Crippen LogP contribution is -2.24. The molecule has 0 bridgehead atoms. The lowest BCUT2D eigenvalue weighted by Gasteiger charge is -2.20. The number of rotatable bonds is 6. The van der Waals surface area contributed by atoms with Crippen molar-refractivity contribution in [3.8, 4) is 11.3 Å². The van der Waals surface area contributed by atoms with Gasteiger partial charge in [0.2, 0.25) is 0 Å². The van der Waals surface area contributed by atoms with Gasteiger partial charge in [-0.2, -0.15) is 5.10 Å². The van der Waals surface area contributed by atoms with Crippen molar-refractivity contribution in [2.24, 2.45) is 0 Å². The second kappa shape index (κ2) is 8.43. The van der Waals surface area contributed by atoms with E-state index in [9.17, 15) is 14.7 Å². The van der Waals surface area contributed by atoms with Gasteiger partial charge in [0, 0.05) is 30.1 Å². The summed E-state index contributed by atoms with van der Waals surface area (Å²) in [5.41, 5.74) is 0.597. The van der Waals surface area contributed by atoms with Gasteiger partial charge in [-0.25, -0.2) is 4.79 Å². The quantitative estimate of drug-likeness (QED) is 0.574. The number of aromatic carboxylic acids is 1. The highest BCUT2D eigenvalue weighted by atomic mass is 35.5. The van der Waals surface area contributed by atoms with Crippen molar-refractivity contribution in [3.05, 3.63) is 68.1 Å². The van der Waals surface area contributed by atoms with Crippen LogP contribution in [-0.4, -0.2) is 31.7 Å². The largest absolute Gasteiger partial charge is 0.477 e. The Morgan fingerprint density at radius 2 is 1.96 bits per heavy atom. The zero-order valence-corrected chi connectivity index (χ0v) is 17.5. The van der Waals surface area contributed by atoms with Crippen LogP contribution in [0.15, 0.2) is 46.3 Å². The minimum atomic E-state index is -1.29. The van der Waals surface area contributed by atoms with Gasteiger partial charge >= 0.3 is 5.97 Å². The maximum absolute atomic E-state index is 12.7. The Kier molecular flexibility index (Phi) is 6.17. The summed E-state index contributed by atoms with van der Waals surface area (Å²) in [5, 5.41) is 15.6. The molecule has 2 aromatic heterocycles. The fourth-order valence-electron chi connectivity index (χ4n) is 3.05. The van der Waals surface area contributed by atoms with Crippen molar-refractivity contribution in [3.63, 3.8) is 0 Å². The predicted molar refractivity (Wildman–Crippen MR) is 112 cm³/mol. The zero-order valence-electron chi connectivity index (χ0n) is 15.1. The molecule has 0 amide bonds. The van der Waals surface area contributed by atoms with Crippen molar-refractivity contribution < 1.29 is 9.90 Å². The number of carboxylic acid groups (broad SMARTS) is 1. The summed E-state index contributed by atoms with van der Waals surface area (Å²) in [5.74, 6) is -1.29. The molecule has 28 heavy (non-hydrogen) atoms. The molecule has 146 valence electrons.